The molecule has 0 bridgehead atoms. The average Bonchev–Trinajstić information content (AvgIpc) is 2.65. The van der Waals surface area contributed by atoms with Crippen LogP contribution in [0.25, 0.3) is 0 Å². The van der Waals surface area contributed by atoms with Gasteiger partial charge < -0.3 is 4.90 Å². The molecule has 1 unspecified atom stereocenters. The molecule has 1 aliphatic heterocycles. The van der Waals surface area contributed by atoms with Crippen molar-refractivity contribution in [3.8, 4) is 0 Å². The van der Waals surface area contributed by atoms with Crippen LogP contribution in [0.5, 0.6) is 0 Å². The lowest BCUT2D eigenvalue weighted by Crippen LogP contribution is -2.35. The number of rotatable bonds is 2. The second kappa shape index (κ2) is 4.45. The summed E-state index contributed by atoms with van der Waals surface area (Å²) in [4.78, 5) is 6.70. The van der Waals surface area contributed by atoms with Crippen LogP contribution in [0.3, 0.4) is 0 Å². The Hall–Kier alpha value is -0.350. The van der Waals surface area contributed by atoms with Crippen LogP contribution in [0, 0.1) is 12.8 Å². The highest BCUT2D eigenvalue weighted by Gasteiger charge is 2.21. The maximum absolute atomic E-state index is 5.88. The predicted molar refractivity (Wildman–Crippen MR) is 60.3 cm³/mol. The van der Waals surface area contributed by atoms with Gasteiger partial charge in [-0.1, -0.05) is 0 Å². The summed E-state index contributed by atoms with van der Waals surface area (Å²) in [6.07, 6.45) is 2.47. The minimum absolute atomic E-state index is 0.620. The minimum atomic E-state index is 0.620. The normalized spacial score (nSPS) is 22.7. The molecule has 3 nitrogen and oxygen atoms in total. The molecule has 1 fully saturated rings. The lowest BCUT2D eigenvalue weighted by Gasteiger charge is -2.31. The topological polar surface area (TPSA) is 29.0 Å². The van der Waals surface area contributed by atoms with E-state index in [9.17, 15) is 0 Å². The second-order valence-corrected chi connectivity index (χ2v) is 4.77. The van der Waals surface area contributed by atoms with Gasteiger partial charge >= 0.3 is 0 Å². The molecule has 1 aromatic rings. The van der Waals surface area contributed by atoms with Crippen LogP contribution in [-0.2, 0) is 0 Å². The second-order valence-electron chi connectivity index (χ2n) is 3.73. The summed E-state index contributed by atoms with van der Waals surface area (Å²) in [6.45, 7) is 4.07. The fraction of sp³-hybridized carbons (Fsp3) is 0.778. The Balaban J connectivity index is 2.04. The van der Waals surface area contributed by atoms with Crippen LogP contribution >= 0.6 is 23.1 Å². The summed E-state index contributed by atoms with van der Waals surface area (Å²) in [5.41, 5.74) is 0. The van der Waals surface area contributed by atoms with Crippen molar-refractivity contribution in [2.24, 2.45) is 5.92 Å². The van der Waals surface area contributed by atoms with Gasteiger partial charge in [-0.05, 0) is 25.7 Å². The van der Waals surface area contributed by atoms with Crippen LogP contribution < -0.4 is 4.90 Å². The molecule has 5 heteroatoms. The van der Waals surface area contributed by atoms with Gasteiger partial charge in [0.2, 0.25) is 5.13 Å². The van der Waals surface area contributed by atoms with E-state index < -0.39 is 0 Å². The number of anilines is 1. The highest BCUT2D eigenvalue weighted by atomic mass is 35.5. The van der Waals surface area contributed by atoms with E-state index in [2.05, 4.69) is 14.3 Å². The Kier molecular flexibility index (Phi) is 3.23. The molecule has 14 heavy (non-hydrogen) atoms. The number of aromatic nitrogens is 2. The number of nitrogens with zero attached hydrogens (tertiary/aromatic N) is 3. The molecular weight excluding hydrogens is 218 g/mol. The number of alkyl halides is 1. The molecule has 0 amide bonds. The third-order valence-corrected chi connectivity index (χ3v) is 3.83. The van der Waals surface area contributed by atoms with E-state index in [-0.39, 0.29) is 0 Å². The first-order valence-electron chi connectivity index (χ1n) is 4.91. The lowest BCUT2D eigenvalue weighted by molar-refractivity contribution is 0.450. The molecule has 0 aromatic carbocycles. The van der Waals surface area contributed by atoms with E-state index in [1.807, 2.05) is 6.92 Å². The van der Waals surface area contributed by atoms with Crippen LogP contribution in [-0.4, -0.2) is 28.3 Å². The van der Waals surface area contributed by atoms with Crippen molar-refractivity contribution in [1.29, 1.82) is 0 Å². The molecule has 1 aromatic heterocycles. The summed E-state index contributed by atoms with van der Waals surface area (Å²) < 4.78 is 4.20. The molecular formula is C9H14ClN3S. The van der Waals surface area contributed by atoms with Gasteiger partial charge in [0.05, 0.1) is 0 Å². The number of hydrogen-bond acceptors (Lipinski definition) is 4. The predicted octanol–water partition coefficient (Wildman–Crippen LogP) is 2.30. The monoisotopic (exact) mass is 231 g/mol. The van der Waals surface area contributed by atoms with E-state index in [0.29, 0.717) is 5.92 Å². The number of aryl methyl sites for hydroxylation is 1. The molecule has 1 saturated heterocycles. The number of hydrogen-bond donors (Lipinski definition) is 0. The van der Waals surface area contributed by atoms with Gasteiger partial charge in [0, 0.05) is 30.5 Å². The Labute approximate surface area is 93.3 Å². The van der Waals surface area contributed by atoms with Gasteiger partial charge in [-0.15, -0.1) is 11.6 Å². The fourth-order valence-corrected chi connectivity index (χ4v) is 2.74. The van der Waals surface area contributed by atoms with Crippen molar-refractivity contribution >= 4 is 28.3 Å². The Bertz CT molecular complexity index is 302. The molecule has 1 atom stereocenters. The van der Waals surface area contributed by atoms with Gasteiger partial charge in [0.25, 0.3) is 0 Å². The maximum Gasteiger partial charge on any atom is 0.205 e. The third kappa shape index (κ3) is 2.17. The van der Waals surface area contributed by atoms with Gasteiger partial charge in [0.1, 0.15) is 5.82 Å². The Morgan fingerprint density at radius 2 is 2.50 bits per heavy atom. The summed E-state index contributed by atoms with van der Waals surface area (Å²) >= 11 is 7.37. The molecule has 0 aliphatic carbocycles. The van der Waals surface area contributed by atoms with Crippen LogP contribution in [0.15, 0.2) is 0 Å². The Morgan fingerprint density at radius 3 is 3.14 bits per heavy atom. The van der Waals surface area contributed by atoms with Crippen molar-refractivity contribution in [1.82, 2.24) is 9.36 Å². The summed E-state index contributed by atoms with van der Waals surface area (Å²) in [5.74, 6) is 2.25. The van der Waals surface area contributed by atoms with Gasteiger partial charge in [-0.2, -0.15) is 4.37 Å². The minimum Gasteiger partial charge on any atom is -0.347 e. The standard InChI is InChI=1S/C9H14ClN3S/c1-7-11-9(14-12-7)13-4-2-3-8(5-10)6-13/h8H,2-6H2,1H3. The molecule has 0 radical (unpaired) electrons. The van der Waals surface area contributed by atoms with Gasteiger partial charge in [-0.25, -0.2) is 4.98 Å². The first-order valence-corrected chi connectivity index (χ1v) is 6.21. The zero-order chi connectivity index (χ0) is 9.97. The first kappa shape index (κ1) is 10.2. The summed E-state index contributed by atoms with van der Waals surface area (Å²) in [5, 5.41) is 1.05. The van der Waals surface area contributed by atoms with Crippen molar-refractivity contribution < 1.29 is 0 Å². The molecule has 0 N–H and O–H groups in total. The number of halogens is 1. The van der Waals surface area contributed by atoms with E-state index in [1.165, 1.54) is 24.4 Å². The molecule has 2 heterocycles. The van der Waals surface area contributed by atoms with Crippen LogP contribution in [0.4, 0.5) is 5.13 Å². The van der Waals surface area contributed by atoms with E-state index >= 15 is 0 Å². The SMILES string of the molecule is Cc1nsc(N2CCCC(CCl)C2)n1. The molecule has 0 spiro atoms. The average molecular weight is 232 g/mol. The molecule has 2 rings (SSSR count). The highest BCUT2D eigenvalue weighted by molar-refractivity contribution is 7.09. The van der Waals surface area contributed by atoms with Gasteiger partial charge in [0.15, 0.2) is 0 Å². The van der Waals surface area contributed by atoms with Gasteiger partial charge in [-0.3, -0.25) is 0 Å². The lowest BCUT2D eigenvalue weighted by atomic mass is 10.0. The number of piperidine rings is 1. The highest BCUT2D eigenvalue weighted by Crippen LogP contribution is 2.24. The first-order chi connectivity index (χ1) is 6.79. The van der Waals surface area contributed by atoms with E-state index in [4.69, 9.17) is 11.6 Å². The van der Waals surface area contributed by atoms with Crippen molar-refractivity contribution in [3.63, 3.8) is 0 Å². The maximum atomic E-state index is 5.88. The van der Waals surface area contributed by atoms with E-state index in [0.717, 1.165) is 29.9 Å². The smallest absolute Gasteiger partial charge is 0.205 e. The van der Waals surface area contributed by atoms with Crippen molar-refractivity contribution in [2.75, 3.05) is 23.9 Å². The molecule has 1 aliphatic rings. The van der Waals surface area contributed by atoms with E-state index in [1.54, 1.807) is 0 Å². The quantitative estimate of drug-likeness (QED) is 0.732. The summed E-state index contributed by atoms with van der Waals surface area (Å²) in [6, 6.07) is 0. The molecule has 78 valence electrons. The zero-order valence-corrected chi connectivity index (χ0v) is 9.81. The van der Waals surface area contributed by atoms with Crippen LogP contribution in [0.2, 0.25) is 0 Å². The fourth-order valence-electron chi connectivity index (χ4n) is 1.78. The van der Waals surface area contributed by atoms with Crippen molar-refractivity contribution in [3.05, 3.63) is 5.82 Å². The molecule has 0 saturated carbocycles. The largest absolute Gasteiger partial charge is 0.347 e. The zero-order valence-electron chi connectivity index (χ0n) is 8.24. The van der Waals surface area contributed by atoms with Crippen molar-refractivity contribution in [2.45, 2.75) is 19.8 Å². The third-order valence-electron chi connectivity index (χ3n) is 2.52. The van der Waals surface area contributed by atoms with Crippen LogP contribution in [0.1, 0.15) is 18.7 Å². The summed E-state index contributed by atoms with van der Waals surface area (Å²) in [7, 11) is 0. The Morgan fingerprint density at radius 1 is 1.64 bits per heavy atom.